The molecular weight excluding hydrogens is 411 g/mol. The molecule has 1 N–H and O–H groups in total. The van der Waals surface area contributed by atoms with Crippen LogP contribution in [0, 0.1) is 18.6 Å². The van der Waals surface area contributed by atoms with E-state index < -0.39 is 17.5 Å². The lowest BCUT2D eigenvalue weighted by molar-refractivity contribution is 0.0925. The van der Waals surface area contributed by atoms with E-state index in [1.54, 1.807) is 20.0 Å². The standard InChI is InChI=1S/C18H15Cl2F2N5O/c1-8-10-3-11(15(21)16(22)17(10)25-26(8)2)18(28)24-9-6-27(7-9)13-4-14(20)23-5-12(13)19/h3-5,9H,6-7H2,1-2H3,(H,24,28). The maximum atomic E-state index is 14.4. The molecule has 1 aromatic carbocycles. The van der Waals surface area contributed by atoms with Crippen molar-refractivity contribution in [2.75, 3.05) is 18.0 Å². The van der Waals surface area contributed by atoms with Crippen LogP contribution in [0.4, 0.5) is 14.5 Å². The van der Waals surface area contributed by atoms with Gasteiger partial charge in [0.15, 0.2) is 11.6 Å². The van der Waals surface area contributed by atoms with E-state index in [0.29, 0.717) is 40.0 Å². The molecule has 0 atom stereocenters. The molecular formula is C18H15Cl2F2N5O. The Labute approximate surface area is 169 Å². The van der Waals surface area contributed by atoms with Gasteiger partial charge in [-0.3, -0.25) is 9.48 Å². The summed E-state index contributed by atoms with van der Waals surface area (Å²) in [6.45, 7) is 2.65. The molecule has 1 aliphatic rings. The van der Waals surface area contributed by atoms with Crippen LogP contribution < -0.4 is 10.2 Å². The molecule has 1 amide bonds. The Bertz CT molecular complexity index is 1110. The number of anilines is 1. The summed E-state index contributed by atoms with van der Waals surface area (Å²) in [6, 6.07) is 2.74. The number of rotatable bonds is 3. The van der Waals surface area contributed by atoms with Crippen molar-refractivity contribution in [2.24, 2.45) is 7.05 Å². The van der Waals surface area contributed by atoms with Crippen molar-refractivity contribution < 1.29 is 13.6 Å². The summed E-state index contributed by atoms with van der Waals surface area (Å²) in [5, 5.41) is 7.83. The van der Waals surface area contributed by atoms with Crippen molar-refractivity contribution in [1.82, 2.24) is 20.1 Å². The van der Waals surface area contributed by atoms with Gasteiger partial charge < -0.3 is 10.2 Å². The van der Waals surface area contributed by atoms with E-state index in [1.165, 1.54) is 16.9 Å². The van der Waals surface area contributed by atoms with Crippen molar-refractivity contribution in [2.45, 2.75) is 13.0 Å². The van der Waals surface area contributed by atoms with Crippen LogP contribution in [0.1, 0.15) is 16.1 Å². The largest absolute Gasteiger partial charge is 0.366 e. The highest BCUT2D eigenvalue weighted by molar-refractivity contribution is 6.34. The minimum Gasteiger partial charge on any atom is -0.366 e. The molecule has 4 rings (SSSR count). The molecule has 2 aromatic heterocycles. The maximum Gasteiger partial charge on any atom is 0.254 e. The molecule has 0 saturated carbocycles. The van der Waals surface area contributed by atoms with Crippen LogP contribution in [0.15, 0.2) is 18.3 Å². The topological polar surface area (TPSA) is 63.1 Å². The number of hydrogen-bond acceptors (Lipinski definition) is 4. The van der Waals surface area contributed by atoms with E-state index in [9.17, 15) is 13.6 Å². The van der Waals surface area contributed by atoms with Gasteiger partial charge in [-0.05, 0) is 13.0 Å². The molecule has 0 spiro atoms. The van der Waals surface area contributed by atoms with Gasteiger partial charge in [0.1, 0.15) is 10.7 Å². The molecule has 28 heavy (non-hydrogen) atoms. The lowest BCUT2D eigenvalue weighted by Crippen LogP contribution is -2.59. The molecule has 0 radical (unpaired) electrons. The number of halogens is 4. The molecule has 1 fully saturated rings. The first-order valence-corrected chi connectivity index (χ1v) is 9.20. The van der Waals surface area contributed by atoms with Gasteiger partial charge in [-0.25, -0.2) is 13.8 Å². The Balaban J connectivity index is 1.52. The molecule has 0 unspecified atom stereocenters. The van der Waals surface area contributed by atoms with Crippen molar-refractivity contribution in [3.05, 3.63) is 51.4 Å². The van der Waals surface area contributed by atoms with Gasteiger partial charge in [-0.1, -0.05) is 23.2 Å². The van der Waals surface area contributed by atoms with E-state index >= 15 is 0 Å². The van der Waals surface area contributed by atoms with Crippen LogP contribution in [0.2, 0.25) is 10.2 Å². The van der Waals surface area contributed by atoms with Crippen LogP contribution in [0.25, 0.3) is 10.9 Å². The average molecular weight is 426 g/mol. The fraction of sp³-hybridized carbons (Fsp3) is 0.278. The highest BCUT2D eigenvalue weighted by Gasteiger charge is 2.31. The molecule has 3 aromatic rings. The van der Waals surface area contributed by atoms with Gasteiger partial charge in [0.25, 0.3) is 5.91 Å². The third-order valence-corrected chi connectivity index (χ3v) is 5.41. The third-order valence-electron chi connectivity index (χ3n) is 4.91. The second kappa shape index (κ2) is 6.86. The van der Waals surface area contributed by atoms with Gasteiger partial charge in [-0.2, -0.15) is 5.10 Å². The van der Waals surface area contributed by atoms with Crippen LogP contribution in [-0.2, 0) is 7.05 Å². The van der Waals surface area contributed by atoms with Crippen LogP contribution in [0.3, 0.4) is 0 Å². The fourth-order valence-corrected chi connectivity index (χ4v) is 3.61. The Kier molecular flexibility index (Phi) is 4.63. The summed E-state index contributed by atoms with van der Waals surface area (Å²) in [5.74, 6) is -3.01. The summed E-state index contributed by atoms with van der Waals surface area (Å²) in [4.78, 5) is 18.3. The average Bonchev–Trinajstić information content (AvgIpc) is 2.91. The maximum absolute atomic E-state index is 14.4. The number of aryl methyl sites for hydroxylation is 2. The quantitative estimate of drug-likeness (QED) is 0.652. The summed E-state index contributed by atoms with van der Waals surface area (Å²) in [5.41, 5.74) is 0.913. The number of aromatic nitrogens is 3. The van der Waals surface area contributed by atoms with Crippen molar-refractivity contribution in [3.63, 3.8) is 0 Å². The third kappa shape index (κ3) is 3.06. The van der Waals surface area contributed by atoms with Gasteiger partial charge >= 0.3 is 0 Å². The molecule has 146 valence electrons. The summed E-state index contributed by atoms with van der Waals surface area (Å²) >= 11 is 12.0. The van der Waals surface area contributed by atoms with Crippen LogP contribution in [0.5, 0.6) is 0 Å². The number of fused-ring (bicyclic) bond motifs is 1. The number of nitrogens with one attached hydrogen (secondary N) is 1. The Hall–Kier alpha value is -2.45. The molecule has 0 aliphatic carbocycles. The second-order valence-corrected chi connectivity index (χ2v) is 7.49. The zero-order chi connectivity index (χ0) is 20.2. The number of pyridine rings is 1. The number of nitrogens with zero attached hydrogens (tertiary/aromatic N) is 4. The Morgan fingerprint density at radius 1 is 1.25 bits per heavy atom. The normalized spacial score (nSPS) is 14.4. The lowest BCUT2D eigenvalue weighted by Gasteiger charge is -2.41. The molecule has 1 aliphatic heterocycles. The number of carbonyl (C=O) groups is 1. The summed E-state index contributed by atoms with van der Waals surface area (Å²) in [7, 11) is 1.63. The van der Waals surface area contributed by atoms with Gasteiger partial charge in [0.2, 0.25) is 0 Å². The molecule has 1 saturated heterocycles. The predicted octanol–water partition coefficient (Wildman–Crippen LogP) is 3.48. The van der Waals surface area contributed by atoms with Gasteiger partial charge in [-0.15, -0.1) is 0 Å². The van der Waals surface area contributed by atoms with Crippen LogP contribution in [-0.4, -0.2) is 39.8 Å². The van der Waals surface area contributed by atoms with E-state index in [1.807, 2.05) is 4.90 Å². The van der Waals surface area contributed by atoms with Crippen molar-refractivity contribution >= 4 is 45.7 Å². The minimum atomic E-state index is -1.21. The van der Waals surface area contributed by atoms with E-state index in [-0.39, 0.29) is 17.1 Å². The monoisotopic (exact) mass is 425 g/mol. The fourth-order valence-electron chi connectivity index (χ4n) is 3.23. The molecule has 3 heterocycles. The van der Waals surface area contributed by atoms with E-state index in [2.05, 4.69) is 15.4 Å². The molecule has 0 bridgehead atoms. The highest BCUT2D eigenvalue weighted by atomic mass is 35.5. The van der Waals surface area contributed by atoms with Gasteiger partial charge in [0.05, 0.1) is 22.3 Å². The first-order valence-electron chi connectivity index (χ1n) is 8.44. The predicted molar refractivity (Wildman–Crippen MR) is 103 cm³/mol. The molecule has 6 nitrogen and oxygen atoms in total. The first-order chi connectivity index (χ1) is 13.3. The number of amides is 1. The minimum absolute atomic E-state index is 0.0897. The number of hydrogen-bond donors (Lipinski definition) is 1. The van der Waals surface area contributed by atoms with E-state index in [0.717, 1.165) is 0 Å². The molecule has 10 heteroatoms. The first kappa shape index (κ1) is 18.9. The zero-order valence-corrected chi connectivity index (χ0v) is 16.4. The van der Waals surface area contributed by atoms with Gasteiger partial charge in [0, 0.05) is 43.5 Å². The summed E-state index contributed by atoms with van der Waals surface area (Å²) < 4.78 is 30.2. The van der Waals surface area contributed by atoms with E-state index in [4.69, 9.17) is 23.2 Å². The lowest BCUT2D eigenvalue weighted by atomic mass is 10.1. The second-order valence-electron chi connectivity index (χ2n) is 6.69. The van der Waals surface area contributed by atoms with Crippen LogP contribution >= 0.6 is 23.2 Å². The highest BCUT2D eigenvalue weighted by Crippen LogP contribution is 2.31. The van der Waals surface area contributed by atoms with Crippen molar-refractivity contribution in [3.8, 4) is 0 Å². The zero-order valence-electron chi connectivity index (χ0n) is 14.9. The SMILES string of the molecule is Cc1c2cc(C(=O)NC3CN(c4cc(Cl)ncc4Cl)C3)c(F)c(F)c2nn1C. The summed E-state index contributed by atoms with van der Waals surface area (Å²) in [6.07, 6.45) is 1.45. The Morgan fingerprint density at radius 2 is 1.96 bits per heavy atom. The number of benzene rings is 1. The van der Waals surface area contributed by atoms with Crippen molar-refractivity contribution in [1.29, 1.82) is 0 Å². The number of carbonyl (C=O) groups excluding carboxylic acids is 1. The smallest absolute Gasteiger partial charge is 0.254 e. The Morgan fingerprint density at radius 3 is 2.68 bits per heavy atom.